The van der Waals surface area contributed by atoms with Crippen LogP contribution >= 0.6 is 11.8 Å². The van der Waals surface area contributed by atoms with Crippen LogP contribution in [0.5, 0.6) is 0 Å². The highest BCUT2D eigenvalue weighted by atomic mass is 32.2. The SMILES string of the molecule is CC(=O)c1cccc(NC(=O)[C@H](C)Sc2nnc(-c3ccc(C)cc3)n2N)c1. The average molecular weight is 395 g/mol. The number of nitrogens with two attached hydrogens (primary N) is 1. The van der Waals surface area contributed by atoms with Gasteiger partial charge in [0.1, 0.15) is 0 Å². The van der Waals surface area contributed by atoms with E-state index in [0.717, 1.165) is 11.1 Å². The maximum Gasteiger partial charge on any atom is 0.237 e. The van der Waals surface area contributed by atoms with E-state index in [9.17, 15) is 9.59 Å². The van der Waals surface area contributed by atoms with Crippen LogP contribution in [0, 0.1) is 6.92 Å². The van der Waals surface area contributed by atoms with Crippen molar-refractivity contribution < 1.29 is 9.59 Å². The minimum absolute atomic E-state index is 0.0570. The monoisotopic (exact) mass is 395 g/mol. The second-order valence-corrected chi connectivity index (χ2v) is 7.74. The van der Waals surface area contributed by atoms with Crippen LogP contribution in [0.2, 0.25) is 0 Å². The van der Waals surface area contributed by atoms with Gasteiger partial charge in [-0.15, -0.1) is 10.2 Å². The smallest absolute Gasteiger partial charge is 0.237 e. The number of amides is 1. The number of carbonyl (C=O) groups excluding carboxylic acids is 2. The normalized spacial score (nSPS) is 11.8. The van der Waals surface area contributed by atoms with Crippen molar-refractivity contribution in [2.75, 3.05) is 11.2 Å². The first-order valence-corrected chi connectivity index (χ1v) is 9.59. The number of carbonyl (C=O) groups is 2. The molecule has 1 heterocycles. The zero-order valence-electron chi connectivity index (χ0n) is 15.8. The number of nitrogens with one attached hydrogen (secondary N) is 1. The van der Waals surface area contributed by atoms with Gasteiger partial charge in [0.15, 0.2) is 11.6 Å². The number of hydrogen-bond donors (Lipinski definition) is 2. The summed E-state index contributed by atoms with van der Waals surface area (Å²) in [6.45, 7) is 5.25. The van der Waals surface area contributed by atoms with Crippen molar-refractivity contribution in [3.63, 3.8) is 0 Å². The lowest BCUT2D eigenvalue weighted by molar-refractivity contribution is -0.115. The van der Waals surface area contributed by atoms with Crippen molar-refractivity contribution in [1.29, 1.82) is 0 Å². The summed E-state index contributed by atoms with van der Waals surface area (Å²) in [6, 6.07) is 14.6. The fraction of sp³-hybridized carbons (Fsp3) is 0.200. The third-order valence-corrected chi connectivity index (χ3v) is 5.22. The highest BCUT2D eigenvalue weighted by Gasteiger charge is 2.20. The molecule has 0 bridgehead atoms. The van der Waals surface area contributed by atoms with E-state index in [1.807, 2.05) is 31.2 Å². The van der Waals surface area contributed by atoms with Crippen LogP contribution in [0.25, 0.3) is 11.4 Å². The van der Waals surface area contributed by atoms with Gasteiger partial charge < -0.3 is 11.2 Å². The fourth-order valence-corrected chi connectivity index (χ4v) is 3.30. The van der Waals surface area contributed by atoms with Crippen LogP contribution in [0.4, 0.5) is 5.69 Å². The lowest BCUT2D eigenvalue weighted by Gasteiger charge is -2.12. The molecule has 28 heavy (non-hydrogen) atoms. The number of anilines is 1. The first kappa shape index (κ1) is 19.6. The Labute approximate surface area is 167 Å². The van der Waals surface area contributed by atoms with Crippen molar-refractivity contribution in [3.05, 3.63) is 59.7 Å². The number of hydrogen-bond acceptors (Lipinski definition) is 6. The maximum absolute atomic E-state index is 12.5. The molecular weight excluding hydrogens is 374 g/mol. The molecule has 0 aliphatic carbocycles. The Balaban J connectivity index is 1.70. The third kappa shape index (κ3) is 4.40. The van der Waals surface area contributed by atoms with Crippen molar-refractivity contribution in [2.24, 2.45) is 0 Å². The first-order valence-electron chi connectivity index (χ1n) is 8.71. The molecule has 0 fully saturated rings. The second-order valence-electron chi connectivity index (χ2n) is 6.43. The summed E-state index contributed by atoms with van der Waals surface area (Å²) in [7, 11) is 0. The van der Waals surface area contributed by atoms with E-state index in [-0.39, 0.29) is 11.7 Å². The molecule has 8 heteroatoms. The quantitative estimate of drug-likeness (QED) is 0.377. The highest BCUT2D eigenvalue weighted by molar-refractivity contribution is 8.00. The van der Waals surface area contributed by atoms with Gasteiger partial charge in [-0.1, -0.05) is 53.7 Å². The molecule has 3 rings (SSSR count). The topological polar surface area (TPSA) is 103 Å². The van der Waals surface area contributed by atoms with E-state index >= 15 is 0 Å². The zero-order chi connectivity index (χ0) is 20.3. The molecule has 144 valence electrons. The number of nitrogen functional groups attached to an aromatic ring is 1. The van der Waals surface area contributed by atoms with E-state index < -0.39 is 5.25 Å². The molecule has 0 radical (unpaired) electrons. The summed E-state index contributed by atoms with van der Waals surface area (Å²) >= 11 is 1.21. The molecule has 0 unspecified atom stereocenters. The van der Waals surface area contributed by atoms with Crippen LogP contribution in [-0.4, -0.2) is 31.8 Å². The van der Waals surface area contributed by atoms with Gasteiger partial charge in [-0.2, -0.15) is 0 Å². The zero-order valence-corrected chi connectivity index (χ0v) is 16.7. The third-order valence-electron chi connectivity index (χ3n) is 4.16. The Kier molecular flexibility index (Phi) is 5.79. The Morgan fingerprint density at radius 3 is 2.54 bits per heavy atom. The lowest BCUT2D eigenvalue weighted by atomic mass is 10.1. The summed E-state index contributed by atoms with van der Waals surface area (Å²) in [4.78, 5) is 24.0. The second kappa shape index (κ2) is 8.26. The Hall–Kier alpha value is -3.13. The molecular formula is C20H21N5O2S. The number of rotatable bonds is 6. The van der Waals surface area contributed by atoms with E-state index in [2.05, 4.69) is 15.5 Å². The largest absolute Gasteiger partial charge is 0.335 e. The minimum atomic E-state index is -0.460. The predicted molar refractivity (Wildman–Crippen MR) is 111 cm³/mol. The molecule has 1 amide bonds. The van der Waals surface area contributed by atoms with Gasteiger partial charge in [0, 0.05) is 16.8 Å². The molecule has 7 nitrogen and oxygen atoms in total. The number of nitrogens with zero attached hydrogens (tertiary/aromatic N) is 3. The van der Waals surface area contributed by atoms with Crippen molar-refractivity contribution in [3.8, 4) is 11.4 Å². The fourth-order valence-electron chi connectivity index (χ4n) is 2.53. The van der Waals surface area contributed by atoms with Crippen LogP contribution < -0.4 is 11.2 Å². The van der Waals surface area contributed by atoms with Gasteiger partial charge in [-0.05, 0) is 32.9 Å². The highest BCUT2D eigenvalue weighted by Crippen LogP contribution is 2.25. The summed E-state index contributed by atoms with van der Waals surface area (Å²) in [5.74, 6) is 6.39. The van der Waals surface area contributed by atoms with E-state index in [0.29, 0.717) is 22.2 Å². The Bertz CT molecular complexity index is 1010. The average Bonchev–Trinajstić information content (AvgIpc) is 3.03. The standard InChI is InChI=1S/C20H21N5O2S/c1-12-7-9-15(10-8-12)18-23-24-20(25(18)21)28-14(3)19(27)22-17-6-4-5-16(11-17)13(2)26/h4-11,14H,21H2,1-3H3,(H,22,27)/t14-/m0/s1. The molecule has 2 aromatic carbocycles. The predicted octanol–water partition coefficient (Wildman–Crippen LogP) is 3.29. The molecule has 0 saturated carbocycles. The van der Waals surface area contributed by atoms with Crippen molar-refractivity contribution in [1.82, 2.24) is 14.9 Å². The van der Waals surface area contributed by atoms with Crippen molar-refractivity contribution >= 4 is 29.1 Å². The Morgan fingerprint density at radius 1 is 1.14 bits per heavy atom. The molecule has 0 aliphatic heterocycles. The van der Waals surface area contributed by atoms with Gasteiger partial charge in [-0.3, -0.25) is 9.59 Å². The number of Topliss-reactive ketones (excluding diaryl/α,β-unsaturated/α-hetero) is 1. The molecule has 0 spiro atoms. The number of benzene rings is 2. The van der Waals surface area contributed by atoms with E-state index in [4.69, 9.17) is 5.84 Å². The molecule has 0 saturated heterocycles. The van der Waals surface area contributed by atoms with E-state index in [1.54, 1.807) is 31.2 Å². The lowest BCUT2D eigenvalue weighted by Crippen LogP contribution is -2.23. The Morgan fingerprint density at radius 2 is 1.86 bits per heavy atom. The summed E-state index contributed by atoms with van der Waals surface area (Å²) in [5, 5.41) is 11.0. The van der Waals surface area contributed by atoms with Crippen LogP contribution in [0.1, 0.15) is 29.8 Å². The van der Waals surface area contributed by atoms with Crippen LogP contribution in [-0.2, 0) is 4.79 Å². The molecule has 1 atom stereocenters. The van der Waals surface area contributed by atoms with Crippen molar-refractivity contribution in [2.45, 2.75) is 31.2 Å². The van der Waals surface area contributed by atoms with Gasteiger partial charge in [-0.25, -0.2) is 4.68 Å². The minimum Gasteiger partial charge on any atom is -0.335 e. The summed E-state index contributed by atoms with van der Waals surface area (Å²) in [6.07, 6.45) is 0. The number of aryl methyl sites for hydroxylation is 1. The van der Waals surface area contributed by atoms with Gasteiger partial charge in [0.05, 0.1) is 5.25 Å². The van der Waals surface area contributed by atoms with Gasteiger partial charge in [0.2, 0.25) is 11.1 Å². The summed E-state index contributed by atoms with van der Waals surface area (Å²) < 4.78 is 1.38. The molecule has 3 aromatic rings. The van der Waals surface area contributed by atoms with E-state index in [1.165, 1.54) is 23.4 Å². The van der Waals surface area contributed by atoms with Crippen LogP contribution in [0.15, 0.2) is 53.7 Å². The van der Waals surface area contributed by atoms with Crippen LogP contribution in [0.3, 0.4) is 0 Å². The van der Waals surface area contributed by atoms with Gasteiger partial charge in [0.25, 0.3) is 0 Å². The number of aromatic nitrogens is 3. The maximum atomic E-state index is 12.5. The summed E-state index contributed by atoms with van der Waals surface area (Å²) in [5.41, 5.74) is 3.11. The molecule has 3 N–H and O–H groups in total. The number of thioether (sulfide) groups is 1. The van der Waals surface area contributed by atoms with Gasteiger partial charge >= 0.3 is 0 Å². The molecule has 1 aromatic heterocycles. The molecule has 0 aliphatic rings. The first-order chi connectivity index (χ1) is 13.3. The number of ketones is 1.